The van der Waals surface area contributed by atoms with Crippen molar-refractivity contribution in [3.63, 3.8) is 0 Å². The van der Waals surface area contributed by atoms with Crippen molar-refractivity contribution in [2.45, 2.75) is 64.5 Å². The number of piperidine rings is 1. The van der Waals surface area contributed by atoms with Crippen LogP contribution in [0.25, 0.3) is 0 Å². The largest absolute Gasteiger partial charge is 0.377 e. The fourth-order valence-electron chi connectivity index (χ4n) is 5.01. The number of fused-ring (bicyclic) bond motifs is 1. The third-order valence-electron chi connectivity index (χ3n) is 6.55. The summed E-state index contributed by atoms with van der Waals surface area (Å²) in [6.07, 6.45) is 7.05. The van der Waals surface area contributed by atoms with Gasteiger partial charge >= 0.3 is 0 Å². The molecule has 3 nitrogen and oxygen atoms in total. The normalized spacial score (nSPS) is 41.4. The Labute approximate surface area is 124 Å². The summed E-state index contributed by atoms with van der Waals surface area (Å²) in [4.78, 5) is 2.63. The van der Waals surface area contributed by atoms with Gasteiger partial charge in [0.05, 0.1) is 6.10 Å². The van der Waals surface area contributed by atoms with Gasteiger partial charge in [0, 0.05) is 30.0 Å². The molecular formula is C17H32N2O. The maximum atomic E-state index is 6.87. The molecule has 0 radical (unpaired) electrons. The van der Waals surface area contributed by atoms with E-state index < -0.39 is 0 Å². The molecule has 2 N–H and O–H groups in total. The number of hydrogen-bond donors (Lipinski definition) is 1. The molecule has 3 heteroatoms. The lowest BCUT2D eigenvalue weighted by Crippen LogP contribution is -2.78. The summed E-state index contributed by atoms with van der Waals surface area (Å²) in [5.74, 6) is 1.55. The zero-order valence-electron chi connectivity index (χ0n) is 13.5. The molecule has 0 aromatic carbocycles. The Morgan fingerprint density at radius 3 is 2.55 bits per heavy atom. The molecule has 3 unspecified atom stereocenters. The highest BCUT2D eigenvalue weighted by Crippen LogP contribution is 2.58. The van der Waals surface area contributed by atoms with E-state index in [0.29, 0.717) is 12.0 Å². The highest BCUT2D eigenvalue weighted by atomic mass is 16.5. The SMILES string of the molecule is CCCC1CCN(CC2(N)C3CCOC3C2(C)C)CC1. The Bertz CT molecular complexity index is 349. The van der Waals surface area contributed by atoms with Crippen LogP contribution in [0.5, 0.6) is 0 Å². The van der Waals surface area contributed by atoms with E-state index in [-0.39, 0.29) is 11.0 Å². The van der Waals surface area contributed by atoms with Gasteiger partial charge in [-0.15, -0.1) is 0 Å². The van der Waals surface area contributed by atoms with Crippen molar-refractivity contribution >= 4 is 0 Å². The fourth-order valence-corrected chi connectivity index (χ4v) is 5.01. The number of likely N-dealkylation sites (tertiary alicyclic amines) is 1. The van der Waals surface area contributed by atoms with E-state index in [2.05, 4.69) is 25.7 Å². The number of ether oxygens (including phenoxy) is 1. The van der Waals surface area contributed by atoms with Gasteiger partial charge in [0.2, 0.25) is 0 Å². The van der Waals surface area contributed by atoms with Gasteiger partial charge in [-0.1, -0.05) is 33.6 Å². The predicted molar refractivity (Wildman–Crippen MR) is 82.6 cm³/mol. The van der Waals surface area contributed by atoms with Gasteiger partial charge in [0.15, 0.2) is 0 Å². The summed E-state index contributed by atoms with van der Waals surface area (Å²) in [6, 6.07) is 0. The van der Waals surface area contributed by atoms with Crippen LogP contribution in [0.1, 0.15) is 52.9 Å². The van der Waals surface area contributed by atoms with Crippen molar-refractivity contribution < 1.29 is 4.74 Å². The highest BCUT2D eigenvalue weighted by Gasteiger charge is 2.67. The maximum absolute atomic E-state index is 6.87. The van der Waals surface area contributed by atoms with E-state index in [1.165, 1.54) is 38.8 Å². The molecule has 0 aromatic rings. The van der Waals surface area contributed by atoms with E-state index in [0.717, 1.165) is 25.5 Å². The summed E-state index contributed by atoms with van der Waals surface area (Å²) >= 11 is 0. The molecule has 2 saturated heterocycles. The molecular weight excluding hydrogens is 248 g/mol. The summed E-state index contributed by atoms with van der Waals surface area (Å²) in [7, 11) is 0. The quantitative estimate of drug-likeness (QED) is 0.860. The van der Waals surface area contributed by atoms with Crippen LogP contribution in [0.15, 0.2) is 0 Å². The van der Waals surface area contributed by atoms with Crippen LogP contribution >= 0.6 is 0 Å². The number of hydrogen-bond acceptors (Lipinski definition) is 3. The van der Waals surface area contributed by atoms with E-state index in [9.17, 15) is 0 Å². The minimum absolute atomic E-state index is 0.0360. The monoisotopic (exact) mass is 280 g/mol. The lowest BCUT2D eigenvalue weighted by atomic mass is 9.48. The summed E-state index contributed by atoms with van der Waals surface area (Å²) in [6.45, 7) is 11.4. The van der Waals surface area contributed by atoms with Gasteiger partial charge in [-0.3, -0.25) is 0 Å². The molecule has 1 saturated carbocycles. The first-order valence-electron chi connectivity index (χ1n) is 8.62. The van der Waals surface area contributed by atoms with Crippen molar-refractivity contribution in [1.29, 1.82) is 0 Å². The highest BCUT2D eigenvalue weighted by molar-refractivity contribution is 5.21. The summed E-state index contributed by atoms with van der Waals surface area (Å²) in [5, 5.41) is 0. The molecule has 3 fully saturated rings. The van der Waals surface area contributed by atoms with Crippen molar-refractivity contribution in [3.05, 3.63) is 0 Å². The van der Waals surface area contributed by atoms with Gasteiger partial charge < -0.3 is 15.4 Å². The molecule has 2 aliphatic heterocycles. The topological polar surface area (TPSA) is 38.5 Å². The smallest absolute Gasteiger partial charge is 0.0691 e. The van der Waals surface area contributed by atoms with Crippen LogP contribution in [0.4, 0.5) is 0 Å². The van der Waals surface area contributed by atoms with E-state index in [1.807, 2.05) is 0 Å². The van der Waals surface area contributed by atoms with Crippen molar-refractivity contribution in [2.24, 2.45) is 23.0 Å². The van der Waals surface area contributed by atoms with Gasteiger partial charge in [0.25, 0.3) is 0 Å². The molecule has 3 rings (SSSR count). The van der Waals surface area contributed by atoms with Gasteiger partial charge in [-0.25, -0.2) is 0 Å². The Kier molecular flexibility index (Phi) is 3.89. The molecule has 0 bridgehead atoms. The molecule has 3 aliphatic rings. The number of rotatable bonds is 4. The van der Waals surface area contributed by atoms with Crippen LogP contribution in [0, 0.1) is 17.3 Å². The van der Waals surface area contributed by atoms with Crippen molar-refractivity contribution in [3.8, 4) is 0 Å². The first-order chi connectivity index (χ1) is 9.49. The zero-order valence-corrected chi connectivity index (χ0v) is 13.5. The predicted octanol–water partition coefficient (Wildman–Crippen LogP) is 2.64. The Morgan fingerprint density at radius 1 is 1.20 bits per heavy atom. The van der Waals surface area contributed by atoms with Crippen LogP contribution < -0.4 is 5.73 Å². The van der Waals surface area contributed by atoms with E-state index in [4.69, 9.17) is 10.5 Å². The third-order valence-corrected chi connectivity index (χ3v) is 6.55. The average molecular weight is 280 g/mol. The van der Waals surface area contributed by atoms with Crippen LogP contribution in [-0.2, 0) is 4.74 Å². The van der Waals surface area contributed by atoms with Crippen LogP contribution in [0.3, 0.4) is 0 Å². The van der Waals surface area contributed by atoms with E-state index in [1.54, 1.807) is 0 Å². The second-order valence-electron chi connectivity index (χ2n) is 7.96. The second kappa shape index (κ2) is 5.26. The molecule has 2 heterocycles. The van der Waals surface area contributed by atoms with Crippen LogP contribution in [0.2, 0.25) is 0 Å². The lowest BCUT2D eigenvalue weighted by Gasteiger charge is -2.63. The molecule has 20 heavy (non-hydrogen) atoms. The van der Waals surface area contributed by atoms with Gasteiger partial charge in [-0.2, -0.15) is 0 Å². The Hall–Kier alpha value is -0.120. The van der Waals surface area contributed by atoms with Gasteiger partial charge in [0.1, 0.15) is 0 Å². The first kappa shape index (κ1) is 14.8. The second-order valence-corrected chi connectivity index (χ2v) is 7.96. The number of nitrogens with zero attached hydrogens (tertiary/aromatic N) is 1. The summed E-state index contributed by atoms with van der Waals surface area (Å²) < 4.78 is 5.90. The minimum Gasteiger partial charge on any atom is -0.377 e. The first-order valence-corrected chi connectivity index (χ1v) is 8.62. The average Bonchev–Trinajstić information content (AvgIpc) is 2.90. The Balaban J connectivity index is 1.58. The molecule has 0 amide bonds. The maximum Gasteiger partial charge on any atom is 0.0691 e. The molecule has 1 aliphatic carbocycles. The van der Waals surface area contributed by atoms with E-state index >= 15 is 0 Å². The third kappa shape index (κ3) is 2.13. The minimum atomic E-state index is -0.0360. The molecule has 3 atom stereocenters. The molecule has 116 valence electrons. The molecule has 0 spiro atoms. The standard InChI is InChI=1S/C17H32N2O/c1-4-5-13-6-9-19(10-7-13)12-17(18)14-8-11-20-15(14)16(17,2)3/h13-15H,4-12,18H2,1-3H3. The number of nitrogens with two attached hydrogens (primary N) is 1. The Morgan fingerprint density at radius 2 is 1.90 bits per heavy atom. The van der Waals surface area contributed by atoms with Crippen LogP contribution in [-0.4, -0.2) is 42.8 Å². The van der Waals surface area contributed by atoms with Gasteiger partial charge in [-0.05, 0) is 38.3 Å². The fraction of sp³-hybridized carbons (Fsp3) is 1.00. The van der Waals surface area contributed by atoms with Crippen molar-refractivity contribution in [1.82, 2.24) is 4.90 Å². The van der Waals surface area contributed by atoms with Crippen molar-refractivity contribution in [2.75, 3.05) is 26.2 Å². The molecule has 0 aromatic heterocycles. The zero-order chi connectivity index (χ0) is 14.4. The summed E-state index contributed by atoms with van der Waals surface area (Å²) in [5.41, 5.74) is 6.97. The lowest BCUT2D eigenvalue weighted by molar-refractivity contribution is -0.164.